The Hall–Kier alpha value is -2.41. The lowest BCUT2D eigenvalue weighted by Crippen LogP contribution is -2.43. The third-order valence-corrected chi connectivity index (χ3v) is 5.97. The number of morpholine rings is 1. The normalized spacial score (nSPS) is 19.0. The molecule has 0 atom stereocenters. The molecule has 2 aromatic heterocycles. The molecule has 7 nitrogen and oxygen atoms in total. The summed E-state index contributed by atoms with van der Waals surface area (Å²) in [5.41, 5.74) is 2.39. The second-order valence-electron chi connectivity index (χ2n) is 9.07. The Morgan fingerprint density at radius 1 is 1.07 bits per heavy atom. The van der Waals surface area contributed by atoms with Crippen LogP contribution in [0.4, 0.5) is 0 Å². The number of carbonyl (C=O) groups is 2. The Balaban J connectivity index is 1.51. The van der Waals surface area contributed by atoms with Gasteiger partial charge in [0, 0.05) is 37.8 Å². The molecule has 0 radical (unpaired) electrons. The first-order chi connectivity index (χ1) is 13.8. The summed E-state index contributed by atoms with van der Waals surface area (Å²) in [7, 11) is 0. The Morgan fingerprint density at radius 3 is 2.41 bits per heavy atom. The van der Waals surface area contributed by atoms with Gasteiger partial charge < -0.3 is 14.5 Å². The van der Waals surface area contributed by atoms with Crippen molar-refractivity contribution in [1.82, 2.24) is 19.4 Å². The molecule has 0 saturated carbocycles. The van der Waals surface area contributed by atoms with Crippen molar-refractivity contribution in [2.75, 3.05) is 39.4 Å². The molecule has 0 bridgehead atoms. The number of nitrogens with zero attached hydrogens (tertiary/aromatic N) is 4. The minimum absolute atomic E-state index is 0.0195. The van der Waals surface area contributed by atoms with Crippen LogP contribution < -0.4 is 0 Å². The standard InChI is InChI=1S/C22H30N4O3/c1-22(2,3)21(28)25-7-4-16(5-8-25)17-6-9-26-19(14-17)18(15-23-26)20(27)24-10-12-29-13-11-24/h6,9,14-16H,4-5,7-8,10-13H2,1-3H3. The van der Waals surface area contributed by atoms with Gasteiger partial charge in [0.1, 0.15) is 0 Å². The molecule has 0 spiro atoms. The zero-order chi connectivity index (χ0) is 20.6. The first kappa shape index (κ1) is 19.9. The van der Waals surface area contributed by atoms with E-state index in [1.807, 2.05) is 36.8 Å². The van der Waals surface area contributed by atoms with Crippen molar-refractivity contribution in [1.29, 1.82) is 0 Å². The van der Waals surface area contributed by atoms with Crippen LogP contribution in [0.25, 0.3) is 5.52 Å². The van der Waals surface area contributed by atoms with Gasteiger partial charge in [0.2, 0.25) is 5.91 Å². The zero-order valence-corrected chi connectivity index (χ0v) is 17.6. The molecule has 29 heavy (non-hydrogen) atoms. The third kappa shape index (κ3) is 4.01. The van der Waals surface area contributed by atoms with E-state index >= 15 is 0 Å². The van der Waals surface area contributed by atoms with Gasteiger partial charge in [0.05, 0.1) is 30.5 Å². The van der Waals surface area contributed by atoms with Crippen LogP contribution in [0.15, 0.2) is 24.5 Å². The van der Waals surface area contributed by atoms with E-state index in [-0.39, 0.29) is 17.2 Å². The number of aromatic nitrogens is 2. The van der Waals surface area contributed by atoms with Crippen molar-refractivity contribution >= 4 is 17.3 Å². The summed E-state index contributed by atoms with van der Waals surface area (Å²) in [6.07, 6.45) is 5.49. The number of pyridine rings is 1. The van der Waals surface area contributed by atoms with E-state index in [1.165, 1.54) is 5.56 Å². The summed E-state index contributed by atoms with van der Waals surface area (Å²) >= 11 is 0. The molecule has 4 rings (SSSR count). The number of fused-ring (bicyclic) bond motifs is 1. The fourth-order valence-corrected chi connectivity index (χ4v) is 4.24. The van der Waals surface area contributed by atoms with Gasteiger partial charge in [0.25, 0.3) is 5.91 Å². The average Bonchev–Trinajstić information content (AvgIpc) is 3.16. The van der Waals surface area contributed by atoms with E-state index in [0.29, 0.717) is 37.8 Å². The molecule has 2 saturated heterocycles. The van der Waals surface area contributed by atoms with Crippen LogP contribution in [0.2, 0.25) is 0 Å². The molecule has 4 heterocycles. The molecule has 0 aliphatic carbocycles. The minimum Gasteiger partial charge on any atom is -0.378 e. The fraction of sp³-hybridized carbons (Fsp3) is 0.591. The van der Waals surface area contributed by atoms with Gasteiger partial charge in [-0.15, -0.1) is 0 Å². The molecule has 2 fully saturated rings. The topological polar surface area (TPSA) is 67.2 Å². The van der Waals surface area contributed by atoms with Crippen LogP contribution in [0.1, 0.15) is 55.5 Å². The number of amides is 2. The molecule has 2 amide bonds. The molecule has 2 aliphatic rings. The zero-order valence-electron chi connectivity index (χ0n) is 17.6. The molecule has 0 unspecified atom stereocenters. The van der Waals surface area contributed by atoms with E-state index < -0.39 is 0 Å². The van der Waals surface area contributed by atoms with Crippen LogP contribution in [0.5, 0.6) is 0 Å². The number of ether oxygens (including phenoxy) is 1. The van der Waals surface area contributed by atoms with E-state index in [9.17, 15) is 9.59 Å². The maximum atomic E-state index is 12.9. The predicted molar refractivity (Wildman–Crippen MR) is 110 cm³/mol. The van der Waals surface area contributed by atoms with Gasteiger partial charge in [-0.2, -0.15) is 5.10 Å². The molecular formula is C22H30N4O3. The third-order valence-electron chi connectivity index (χ3n) is 5.97. The van der Waals surface area contributed by atoms with E-state index in [1.54, 1.807) is 10.7 Å². The van der Waals surface area contributed by atoms with Gasteiger partial charge in [-0.25, -0.2) is 4.52 Å². The summed E-state index contributed by atoms with van der Waals surface area (Å²) in [5.74, 6) is 0.636. The second kappa shape index (κ2) is 7.78. The van der Waals surface area contributed by atoms with Gasteiger partial charge >= 0.3 is 0 Å². The van der Waals surface area contributed by atoms with Crippen molar-refractivity contribution in [3.8, 4) is 0 Å². The first-order valence-corrected chi connectivity index (χ1v) is 10.5. The maximum Gasteiger partial charge on any atom is 0.257 e. The highest BCUT2D eigenvalue weighted by Crippen LogP contribution is 2.31. The van der Waals surface area contributed by atoms with Gasteiger partial charge in [-0.1, -0.05) is 20.8 Å². The molecule has 0 N–H and O–H groups in total. The SMILES string of the molecule is CC(C)(C)C(=O)N1CCC(c2ccn3ncc(C(=O)N4CCOCC4)c3c2)CC1. The highest BCUT2D eigenvalue weighted by atomic mass is 16.5. The van der Waals surface area contributed by atoms with Crippen LogP contribution in [-0.2, 0) is 9.53 Å². The van der Waals surface area contributed by atoms with E-state index in [0.717, 1.165) is 31.4 Å². The average molecular weight is 399 g/mol. The molecular weight excluding hydrogens is 368 g/mol. The van der Waals surface area contributed by atoms with Crippen molar-refractivity contribution < 1.29 is 14.3 Å². The largest absolute Gasteiger partial charge is 0.378 e. The van der Waals surface area contributed by atoms with E-state index in [2.05, 4.69) is 17.2 Å². The Kier molecular flexibility index (Phi) is 5.34. The lowest BCUT2D eigenvalue weighted by atomic mass is 9.87. The molecule has 2 aliphatic heterocycles. The smallest absolute Gasteiger partial charge is 0.257 e. The van der Waals surface area contributed by atoms with Gasteiger partial charge in [-0.3, -0.25) is 9.59 Å². The first-order valence-electron chi connectivity index (χ1n) is 10.5. The van der Waals surface area contributed by atoms with Crippen LogP contribution in [-0.4, -0.2) is 70.6 Å². The highest BCUT2D eigenvalue weighted by molar-refractivity contribution is 6.00. The molecule has 0 aromatic carbocycles. The van der Waals surface area contributed by atoms with Crippen molar-refractivity contribution in [3.63, 3.8) is 0 Å². The molecule has 2 aromatic rings. The molecule has 156 valence electrons. The highest BCUT2D eigenvalue weighted by Gasteiger charge is 2.31. The lowest BCUT2D eigenvalue weighted by molar-refractivity contribution is -0.140. The van der Waals surface area contributed by atoms with Gasteiger partial charge in [0.15, 0.2) is 0 Å². The van der Waals surface area contributed by atoms with Crippen LogP contribution in [0, 0.1) is 5.41 Å². The van der Waals surface area contributed by atoms with Crippen LogP contribution in [0.3, 0.4) is 0 Å². The predicted octanol–water partition coefficient (Wildman–Crippen LogP) is 2.56. The summed E-state index contributed by atoms with van der Waals surface area (Å²) in [6, 6.07) is 4.20. The summed E-state index contributed by atoms with van der Waals surface area (Å²) in [5, 5.41) is 4.37. The molecule has 7 heteroatoms. The van der Waals surface area contributed by atoms with Crippen molar-refractivity contribution in [2.24, 2.45) is 5.41 Å². The minimum atomic E-state index is -0.335. The Bertz CT molecular complexity index is 900. The Morgan fingerprint density at radius 2 is 1.76 bits per heavy atom. The number of rotatable bonds is 2. The quantitative estimate of drug-likeness (QED) is 0.780. The lowest BCUT2D eigenvalue weighted by Gasteiger charge is -2.36. The monoisotopic (exact) mass is 398 g/mol. The summed E-state index contributed by atoms with van der Waals surface area (Å²) in [4.78, 5) is 29.3. The fourth-order valence-electron chi connectivity index (χ4n) is 4.24. The number of hydrogen-bond donors (Lipinski definition) is 0. The van der Waals surface area contributed by atoms with Gasteiger partial charge in [-0.05, 0) is 36.5 Å². The number of hydrogen-bond acceptors (Lipinski definition) is 4. The Labute approximate surface area is 171 Å². The second-order valence-corrected chi connectivity index (χ2v) is 9.07. The van der Waals surface area contributed by atoms with E-state index in [4.69, 9.17) is 4.74 Å². The number of carbonyl (C=O) groups excluding carboxylic acids is 2. The van der Waals surface area contributed by atoms with Crippen LogP contribution >= 0.6 is 0 Å². The number of likely N-dealkylation sites (tertiary alicyclic amines) is 1. The summed E-state index contributed by atoms with van der Waals surface area (Å²) in [6.45, 7) is 9.90. The van der Waals surface area contributed by atoms with Crippen molar-refractivity contribution in [3.05, 3.63) is 35.7 Å². The summed E-state index contributed by atoms with van der Waals surface area (Å²) < 4.78 is 7.13. The number of piperidine rings is 1. The van der Waals surface area contributed by atoms with Crippen molar-refractivity contribution in [2.45, 2.75) is 39.5 Å². The maximum absolute atomic E-state index is 12.9.